The van der Waals surface area contributed by atoms with E-state index in [1.165, 1.54) is 6.42 Å². The van der Waals surface area contributed by atoms with Gasteiger partial charge in [0.05, 0.1) is 10.8 Å². The van der Waals surface area contributed by atoms with Gasteiger partial charge in [-0.2, -0.15) is 0 Å². The lowest BCUT2D eigenvalue weighted by Gasteiger charge is -2.12. The number of nitrogens with one attached hydrogen (secondary N) is 2. The summed E-state index contributed by atoms with van der Waals surface area (Å²) in [5, 5.41) is 6.42. The smallest absolute Gasteiger partial charge is 0.191 e. The monoisotopic (exact) mass is 339 g/mol. The van der Waals surface area contributed by atoms with E-state index in [0.29, 0.717) is 12.3 Å². The van der Waals surface area contributed by atoms with Crippen LogP contribution in [-0.2, 0) is 15.5 Å². The van der Waals surface area contributed by atoms with Crippen LogP contribution in [0.15, 0.2) is 40.2 Å². The van der Waals surface area contributed by atoms with E-state index in [1.54, 1.807) is 7.05 Å². The lowest BCUT2D eigenvalue weighted by Crippen LogP contribution is -2.39. The van der Waals surface area contributed by atoms with E-state index >= 15 is 0 Å². The molecule has 0 aromatic heterocycles. The first-order chi connectivity index (χ1) is 11.3. The van der Waals surface area contributed by atoms with E-state index in [2.05, 4.69) is 22.5 Å². The van der Waals surface area contributed by atoms with E-state index in [0.717, 1.165) is 43.5 Å². The number of benzene rings is 1. The Labute approximate surface area is 142 Å². The van der Waals surface area contributed by atoms with E-state index in [1.807, 2.05) is 30.3 Å². The largest absolute Gasteiger partial charge is 0.381 e. The van der Waals surface area contributed by atoms with Crippen LogP contribution in [0.4, 0.5) is 0 Å². The molecule has 0 spiro atoms. The maximum absolute atomic E-state index is 12.1. The highest BCUT2D eigenvalue weighted by molar-refractivity contribution is 7.85. The molecule has 1 unspecified atom stereocenters. The predicted molar refractivity (Wildman–Crippen MR) is 97.4 cm³/mol. The zero-order valence-corrected chi connectivity index (χ0v) is 15.0. The van der Waals surface area contributed by atoms with Crippen molar-refractivity contribution < 1.29 is 8.95 Å². The molecule has 0 radical (unpaired) electrons. The number of ether oxygens (including phenoxy) is 1. The van der Waals surface area contributed by atoms with Crippen LogP contribution in [0.1, 0.15) is 26.2 Å². The van der Waals surface area contributed by atoms with E-state index < -0.39 is 10.8 Å². The zero-order valence-electron chi connectivity index (χ0n) is 14.2. The number of unbranched alkanes of at least 4 members (excludes halogenated alkanes) is 1. The lowest BCUT2D eigenvalue weighted by atomic mass is 10.4. The molecular formula is C17H29N3O2S. The summed E-state index contributed by atoms with van der Waals surface area (Å²) in [7, 11) is 0.758. The van der Waals surface area contributed by atoms with Crippen LogP contribution < -0.4 is 10.6 Å². The summed E-state index contributed by atoms with van der Waals surface area (Å²) >= 11 is 0. The van der Waals surface area contributed by atoms with Gasteiger partial charge in [0.25, 0.3) is 0 Å². The number of nitrogens with zero attached hydrogens (tertiary/aromatic N) is 1. The number of guanidine groups is 1. The van der Waals surface area contributed by atoms with Gasteiger partial charge >= 0.3 is 0 Å². The Balaban J connectivity index is 2.11. The zero-order chi connectivity index (χ0) is 16.8. The highest BCUT2D eigenvalue weighted by Crippen LogP contribution is 2.04. The standard InChI is InChI=1S/C17H29N3O2S/c1-3-4-13-22-14-8-11-19-17(18-2)20-12-15-23(21)16-9-6-5-7-10-16/h5-7,9-10H,3-4,8,11-15H2,1-2H3,(H2,18,19,20). The third-order valence-corrected chi connectivity index (χ3v) is 4.58. The second-order valence-electron chi connectivity index (χ2n) is 5.11. The van der Waals surface area contributed by atoms with Gasteiger partial charge in [0.15, 0.2) is 5.96 Å². The van der Waals surface area contributed by atoms with Crippen molar-refractivity contribution >= 4 is 16.8 Å². The van der Waals surface area contributed by atoms with Crippen molar-refractivity contribution in [3.05, 3.63) is 30.3 Å². The maximum Gasteiger partial charge on any atom is 0.191 e. The third kappa shape index (κ3) is 9.36. The van der Waals surface area contributed by atoms with E-state index in [9.17, 15) is 4.21 Å². The SMILES string of the molecule is CCCCOCCCNC(=NC)NCCS(=O)c1ccccc1. The van der Waals surface area contributed by atoms with Crippen molar-refractivity contribution in [1.82, 2.24) is 10.6 Å². The third-order valence-electron chi connectivity index (χ3n) is 3.21. The summed E-state index contributed by atoms with van der Waals surface area (Å²) in [5.41, 5.74) is 0. The minimum atomic E-state index is -0.979. The Bertz CT molecular complexity index is 466. The molecule has 0 bridgehead atoms. The van der Waals surface area contributed by atoms with Crippen molar-refractivity contribution in [3.63, 3.8) is 0 Å². The van der Waals surface area contributed by atoms with Gasteiger partial charge in [-0.05, 0) is 25.0 Å². The molecule has 1 rings (SSSR count). The van der Waals surface area contributed by atoms with Crippen LogP contribution in [0.5, 0.6) is 0 Å². The van der Waals surface area contributed by atoms with Gasteiger partial charge in [-0.25, -0.2) is 0 Å². The minimum absolute atomic E-state index is 0.560. The number of rotatable bonds is 11. The van der Waals surface area contributed by atoms with Crippen molar-refractivity contribution in [2.75, 3.05) is 39.1 Å². The minimum Gasteiger partial charge on any atom is -0.381 e. The second-order valence-corrected chi connectivity index (χ2v) is 6.68. The summed E-state index contributed by atoms with van der Waals surface area (Å²) in [6, 6.07) is 9.52. The van der Waals surface area contributed by atoms with Crippen LogP contribution in [-0.4, -0.2) is 49.3 Å². The fourth-order valence-corrected chi connectivity index (χ4v) is 2.89. The van der Waals surface area contributed by atoms with Crippen LogP contribution in [0.25, 0.3) is 0 Å². The molecule has 0 fully saturated rings. The molecule has 6 heteroatoms. The Hall–Kier alpha value is -1.40. The van der Waals surface area contributed by atoms with Gasteiger partial charge in [-0.15, -0.1) is 0 Å². The topological polar surface area (TPSA) is 62.7 Å². The Kier molecular flexibility index (Phi) is 11.2. The van der Waals surface area contributed by atoms with Gasteiger partial charge in [0, 0.05) is 44.0 Å². The first-order valence-corrected chi connectivity index (χ1v) is 9.55. The number of hydrogen-bond acceptors (Lipinski definition) is 3. The normalized spacial score (nSPS) is 12.9. The van der Waals surface area contributed by atoms with Crippen LogP contribution in [0, 0.1) is 0 Å². The highest BCUT2D eigenvalue weighted by Gasteiger charge is 2.03. The highest BCUT2D eigenvalue weighted by atomic mass is 32.2. The predicted octanol–water partition coefficient (Wildman–Crippen LogP) is 2.17. The molecule has 0 heterocycles. The molecule has 0 aliphatic carbocycles. The maximum atomic E-state index is 12.1. The molecular weight excluding hydrogens is 310 g/mol. The molecule has 1 aromatic rings. The molecule has 130 valence electrons. The molecule has 0 saturated carbocycles. The lowest BCUT2D eigenvalue weighted by molar-refractivity contribution is 0.129. The molecule has 1 aromatic carbocycles. The van der Waals surface area contributed by atoms with Gasteiger partial charge in [-0.3, -0.25) is 9.20 Å². The summed E-state index contributed by atoms with van der Waals surface area (Å²) < 4.78 is 17.6. The molecule has 23 heavy (non-hydrogen) atoms. The first-order valence-electron chi connectivity index (χ1n) is 8.23. The van der Waals surface area contributed by atoms with Gasteiger partial charge in [0.2, 0.25) is 0 Å². The van der Waals surface area contributed by atoms with Crippen molar-refractivity contribution in [1.29, 1.82) is 0 Å². The molecule has 0 saturated heterocycles. The summed E-state index contributed by atoms with van der Waals surface area (Å²) in [6.07, 6.45) is 3.23. The van der Waals surface area contributed by atoms with Crippen molar-refractivity contribution in [3.8, 4) is 0 Å². The van der Waals surface area contributed by atoms with Gasteiger partial charge < -0.3 is 15.4 Å². The first kappa shape index (κ1) is 19.6. The Morgan fingerprint density at radius 3 is 2.52 bits per heavy atom. The number of hydrogen-bond donors (Lipinski definition) is 2. The quantitative estimate of drug-likeness (QED) is 0.368. The fourth-order valence-electron chi connectivity index (χ4n) is 1.90. The molecule has 2 N–H and O–H groups in total. The number of aliphatic imine (C=N–C) groups is 1. The molecule has 1 atom stereocenters. The average molecular weight is 340 g/mol. The summed E-state index contributed by atoms with van der Waals surface area (Å²) in [5.74, 6) is 1.30. The van der Waals surface area contributed by atoms with Crippen molar-refractivity contribution in [2.24, 2.45) is 4.99 Å². The molecule has 0 aliphatic rings. The van der Waals surface area contributed by atoms with E-state index in [-0.39, 0.29) is 0 Å². The summed E-state index contributed by atoms with van der Waals surface area (Å²) in [4.78, 5) is 5.02. The van der Waals surface area contributed by atoms with Gasteiger partial charge in [-0.1, -0.05) is 31.5 Å². The van der Waals surface area contributed by atoms with Gasteiger partial charge in [0.1, 0.15) is 0 Å². The average Bonchev–Trinajstić information content (AvgIpc) is 2.60. The van der Waals surface area contributed by atoms with Crippen LogP contribution in [0.3, 0.4) is 0 Å². The molecule has 5 nitrogen and oxygen atoms in total. The fraction of sp³-hybridized carbons (Fsp3) is 0.588. The summed E-state index contributed by atoms with van der Waals surface area (Å²) in [6.45, 7) is 5.20. The van der Waals surface area contributed by atoms with Crippen LogP contribution >= 0.6 is 0 Å². The van der Waals surface area contributed by atoms with Crippen LogP contribution in [0.2, 0.25) is 0 Å². The molecule has 0 amide bonds. The Morgan fingerprint density at radius 1 is 1.13 bits per heavy atom. The Morgan fingerprint density at radius 2 is 1.83 bits per heavy atom. The second kappa shape index (κ2) is 13.1. The van der Waals surface area contributed by atoms with E-state index in [4.69, 9.17) is 4.74 Å². The van der Waals surface area contributed by atoms with Crippen molar-refractivity contribution in [2.45, 2.75) is 31.1 Å². The molecule has 0 aliphatic heterocycles.